The molecule has 1 fully saturated rings. The SMILES string of the molecule is CCSc1nnc(Sc2ccc(S(=O)(=O)N3CCOCC3)cc2[N+](=O)[O-])s1. The Morgan fingerprint density at radius 1 is 1.30 bits per heavy atom. The summed E-state index contributed by atoms with van der Waals surface area (Å²) in [4.78, 5) is 11.1. The Bertz CT molecular complexity index is 927. The highest BCUT2D eigenvalue weighted by Crippen LogP contribution is 2.39. The molecule has 0 unspecified atom stereocenters. The maximum Gasteiger partial charge on any atom is 0.284 e. The number of nitrogens with zero attached hydrogens (tertiary/aromatic N) is 4. The van der Waals surface area contributed by atoms with Crippen LogP contribution in [0.15, 0.2) is 36.7 Å². The van der Waals surface area contributed by atoms with E-state index in [9.17, 15) is 18.5 Å². The summed E-state index contributed by atoms with van der Waals surface area (Å²) >= 11 is 3.99. The number of hydrogen-bond donors (Lipinski definition) is 0. The predicted octanol–water partition coefficient (Wildman–Crippen LogP) is 2.73. The molecule has 0 atom stereocenters. The standard InChI is InChI=1S/C14H16N4O5S4/c1-2-24-13-15-16-14(26-13)25-12-4-3-10(9-11(12)18(19)20)27(21,22)17-5-7-23-8-6-17/h3-4,9H,2,5-8H2,1H3. The van der Waals surface area contributed by atoms with Gasteiger partial charge in [0.05, 0.1) is 27.9 Å². The van der Waals surface area contributed by atoms with Crippen LogP contribution in [0.1, 0.15) is 6.92 Å². The van der Waals surface area contributed by atoms with Gasteiger partial charge in [-0.1, -0.05) is 41.8 Å². The Kier molecular flexibility index (Phi) is 6.70. The quantitative estimate of drug-likeness (QED) is 0.358. The first-order chi connectivity index (χ1) is 12.9. The maximum atomic E-state index is 12.7. The third kappa shape index (κ3) is 4.78. The van der Waals surface area contributed by atoms with E-state index in [-0.39, 0.29) is 23.7 Å². The van der Waals surface area contributed by atoms with Crippen LogP contribution in [0.4, 0.5) is 5.69 Å². The summed E-state index contributed by atoms with van der Waals surface area (Å²) in [6, 6.07) is 3.95. The van der Waals surface area contributed by atoms with Gasteiger partial charge in [-0.15, -0.1) is 10.2 Å². The lowest BCUT2D eigenvalue weighted by atomic mass is 10.3. The summed E-state index contributed by atoms with van der Waals surface area (Å²) in [6.07, 6.45) is 0. The number of hydrogen-bond acceptors (Lipinski definition) is 10. The number of rotatable bonds is 7. The zero-order valence-electron chi connectivity index (χ0n) is 14.2. The summed E-state index contributed by atoms with van der Waals surface area (Å²) < 4.78 is 33.2. The average molecular weight is 449 g/mol. The van der Waals surface area contributed by atoms with Crippen molar-refractivity contribution in [3.8, 4) is 0 Å². The van der Waals surface area contributed by atoms with Gasteiger partial charge in [0.15, 0.2) is 8.68 Å². The van der Waals surface area contributed by atoms with E-state index in [1.54, 1.807) is 11.8 Å². The second-order valence-electron chi connectivity index (χ2n) is 5.27. The van der Waals surface area contributed by atoms with Crippen LogP contribution in [0, 0.1) is 10.1 Å². The molecular weight excluding hydrogens is 432 g/mol. The van der Waals surface area contributed by atoms with Crippen molar-refractivity contribution in [2.24, 2.45) is 0 Å². The van der Waals surface area contributed by atoms with Gasteiger partial charge in [0.2, 0.25) is 10.0 Å². The minimum atomic E-state index is -3.80. The number of benzene rings is 1. The van der Waals surface area contributed by atoms with E-state index >= 15 is 0 Å². The fraction of sp³-hybridized carbons (Fsp3) is 0.429. The third-order valence-corrected chi connectivity index (χ3v) is 8.54. The van der Waals surface area contributed by atoms with E-state index < -0.39 is 14.9 Å². The molecule has 27 heavy (non-hydrogen) atoms. The van der Waals surface area contributed by atoms with Crippen LogP contribution in [0.5, 0.6) is 0 Å². The van der Waals surface area contributed by atoms with Crippen molar-refractivity contribution in [1.82, 2.24) is 14.5 Å². The van der Waals surface area contributed by atoms with Gasteiger partial charge >= 0.3 is 0 Å². The number of nitro groups is 1. The molecule has 1 aliphatic heterocycles. The number of nitro benzene ring substituents is 1. The van der Waals surface area contributed by atoms with Crippen LogP contribution in [0.2, 0.25) is 0 Å². The van der Waals surface area contributed by atoms with Crippen LogP contribution in [0.3, 0.4) is 0 Å². The molecule has 2 heterocycles. The lowest BCUT2D eigenvalue weighted by molar-refractivity contribution is -0.388. The Morgan fingerprint density at radius 3 is 2.67 bits per heavy atom. The molecule has 1 aliphatic rings. The summed E-state index contributed by atoms with van der Waals surface area (Å²) in [6.45, 7) is 3.08. The van der Waals surface area contributed by atoms with Crippen LogP contribution in [-0.4, -0.2) is 59.9 Å². The Morgan fingerprint density at radius 2 is 2.00 bits per heavy atom. The topological polar surface area (TPSA) is 116 Å². The van der Waals surface area contributed by atoms with Crippen molar-refractivity contribution < 1.29 is 18.1 Å². The monoisotopic (exact) mass is 448 g/mol. The predicted molar refractivity (Wildman–Crippen MR) is 103 cm³/mol. The molecule has 3 rings (SSSR count). The lowest BCUT2D eigenvalue weighted by Gasteiger charge is -2.26. The Balaban J connectivity index is 1.89. The highest BCUT2D eigenvalue weighted by Gasteiger charge is 2.29. The minimum Gasteiger partial charge on any atom is -0.379 e. The second kappa shape index (κ2) is 8.84. The largest absolute Gasteiger partial charge is 0.379 e. The zero-order chi connectivity index (χ0) is 19.4. The number of morpholine rings is 1. The van der Waals surface area contributed by atoms with Gasteiger partial charge in [-0.2, -0.15) is 4.31 Å². The number of sulfonamides is 1. The molecule has 0 saturated carbocycles. The van der Waals surface area contributed by atoms with Crippen molar-refractivity contribution in [3.05, 3.63) is 28.3 Å². The zero-order valence-corrected chi connectivity index (χ0v) is 17.5. The first-order valence-electron chi connectivity index (χ1n) is 7.92. The van der Waals surface area contributed by atoms with Crippen LogP contribution < -0.4 is 0 Å². The molecule has 0 aliphatic carbocycles. The molecule has 1 saturated heterocycles. The summed E-state index contributed by atoms with van der Waals surface area (Å²) in [5.74, 6) is 0.855. The van der Waals surface area contributed by atoms with Gasteiger partial charge in [0.1, 0.15) is 0 Å². The van der Waals surface area contributed by atoms with Gasteiger partial charge < -0.3 is 4.74 Å². The van der Waals surface area contributed by atoms with E-state index in [4.69, 9.17) is 4.74 Å². The summed E-state index contributed by atoms with van der Waals surface area (Å²) in [7, 11) is -3.80. The van der Waals surface area contributed by atoms with Crippen molar-refractivity contribution >= 4 is 50.6 Å². The summed E-state index contributed by atoms with van der Waals surface area (Å²) in [5.41, 5.74) is -0.269. The fourth-order valence-electron chi connectivity index (χ4n) is 2.34. The van der Waals surface area contributed by atoms with Crippen molar-refractivity contribution in [2.45, 2.75) is 25.4 Å². The van der Waals surface area contributed by atoms with Gasteiger partial charge in [-0.05, 0) is 17.9 Å². The molecule has 0 N–H and O–H groups in total. The van der Waals surface area contributed by atoms with E-state index in [1.165, 1.54) is 27.8 Å². The van der Waals surface area contributed by atoms with Crippen molar-refractivity contribution in [3.63, 3.8) is 0 Å². The normalized spacial score (nSPS) is 15.7. The molecular formula is C14H16N4O5S4. The number of aromatic nitrogens is 2. The number of ether oxygens (including phenoxy) is 1. The minimum absolute atomic E-state index is 0.0973. The third-order valence-electron chi connectivity index (χ3n) is 3.59. The van der Waals surface area contributed by atoms with Gasteiger partial charge in [0, 0.05) is 19.2 Å². The first kappa shape index (κ1) is 20.5. The molecule has 1 aromatic heterocycles. The van der Waals surface area contributed by atoms with Crippen molar-refractivity contribution in [2.75, 3.05) is 32.1 Å². The van der Waals surface area contributed by atoms with E-state index in [0.29, 0.717) is 22.4 Å². The summed E-state index contributed by atoms with van der Waals surface area (Å²) in [5, 5.41) is 19.5. The second-order valence-corrected chi connectivity index (χ2v) is 11.0. The maximum absolute atomic E-state index is 12.7. The molecule has 0 amide bonds. The lowest BCUT2D eigenvalue weighted by Crippen LogP contribution is -2.40. The van der Waals surface area contributed by atoms with Crippen LogP contribution in [-0.2, 0) is 14.8 Å². The van der Waals surface area contributed by atoms with Gasteiger partial charge in [0.25, 0.3) is 5.69 Å². The molecule has 0 spiro atoms. The van der Waals surface area contributed by atoms with Crippen LogP contribution in [0.25, 0.3) is 0 Å². The Labute approximate surface area is 168 Å². The molecule has 0 radical (unpaired) electrons. The van der Waals surface area contributed by atoms with E-state index in [1.807, 2.05) is 6.92 Å². The fourth-order valence-corrected chi connectivity index (χ4v) is 6.72. The Hall–Kier alpha value is -1.25. The molecule has 146 valence electrons. The molecule has 0 bridgehead atoms. The smallest absolute Gasteiger partial charge is 0.284 e. The van der Waals surface area contributed by atoms with Gasteiger partial charge in [-0.3, -0.25) is 10.1 Å². The average Bonchev–Trinajstić information content (AvgIpc) is 3.10. The molecule has 9 nitrogen and oxygen atoms in total. The molecule has 13 heteroatoms. The van der Waals surface area contributed by atoms with Crippen LogP contribution >= 0.6 is 34.9 Å². The highest BCUT2D eigenvalue weighted by molar-refractivity contribution is 8.03. The van der Waals surface area contributed by atoms with Gasteiger partial charge in [-0.25, -0.2) is 8.42 Å². The first-order valence-corrected chi connectivity index (χ1v) is 12.0. The van der Waals surface area contributed by atoms with E-state index in [0.717, 1.165) is 27.9 Å². The van der Waals surface area contributed by atoms with E-state index in [2.05, 4.69) is 10.2 Å². The number of thioether (sulfide) groups is 1. The molecule has 1 aromatic carbocycles. The van der Waals surface area contributed by atoms with Crippen molar-refractivity contribution in [1.29, 1.82) is 0 Å². The molecule has 2 aromatic rings. The highest BCUT2D eigenvalue weighted by atomic mass is 32.2.